The first-order valence-electron chi connectivity index (χ1n) is 8.30. The molecule has 0 fully saturated rings. The lowest BCUT2D eigenvalue weighted by molar-refractivity contribution is 0.501. The lowest BCUT2D eigenvalue weighted by atomic mass is 9.91. The van der Waals surface area contributed by atoms with Gasteiger partial charge in [-0.25, -0.2) is 4.98 Å². The number of pyridine rings is 1. The largest absolute Gasteiger partial charge is 0.312 e. The Balaban J connectivity index is 1.41. The summed E-state index contributed by atoms with van der Waals surface area (Å²) < 4.78 is 0. The van der Waals surface area contributed by atoms with E-state index in [4.69, 9.17) is 4.98 Å². The molecule has 1 aromatic carbocycles. The van der Waals surface area contributed by atoms with E-state index in [0.717, 1.165) is 18.6 Å². The smallest absolute Gasteiger partial charge is 0.0900 e. The quantitative estimate of drug-likeness (QED) is 0.781. The van der Waals surface area contributed by atoms with Crippen LogP contribution in [0.1, 0.15) is 39.9 Å². The molecule has 3 aromatic rings. The number of rotatable bonds is 4. The van der Waals surface area contributed by atoms with Gasteiger partial charge in [0.2, 0.25) is 0 Å². The Bertz CT molecular complexity index is 824. The van der Waals surface area contributed by atoms with Gasteiger partial charge in [-0.1, -0.05) is 18.2 Å². The van der Waals surface area contributed by atoms with Gasteiger partial charge < -0.3 is 5.32 Å². The zero-order chi connectivity index (χ0) is 15.6. The number of nitrogens with one attached hydrogen (secondary N) is 1. The third-order valence-electron chi connectivity index (χ3n) is 4.57. The summed E-state index contributed by atoms with van der Waals surface area (Å²) in [6.07, 6.45) is 5.62. The first-order valence-corrected chi connectivity index (χ1v) is 9.12. The predicted molar refractivity (Wildman–Crippen MR) is 96.0 cm³/mol. The van der Waals surface area contributed by atoms with Crippen LogP contribution in [0.25, 0.3) is 10.9 Å². The van der Waals surface area contributed by atoms with E-state index in [2.05, 4.69) is 41.5 Å². The number of fused-ring (bicyclic) bond motifs is 2. The fourth-order valence-electron chi connectivity index (χ4n) is 3.44. The normalized spacial score (nSPS) is 17.3. The number of nitrogens with zero attached hydrogens (tertiary/aromatic N) is 2. The maximum absolute atomic E-state index is 4.77. The van der Waals surface area contributed by atoms with Crippen LogP contribution in [-0.4, -0.2) is 16.5 Å². The number of thiazole rings is 1. The Kier molecular flexibility index (Phi) is 4.10. The Morgan fingerprint density at radius 2 is 2.26 bits per heavy atom. The molecule has 1 unspecified atom stereocenters. The second-order valence-corrected chi connectivity index (χ2v) is 7.58. The minimum Gasteiger partial charge on any atom is -0.312 e. The zero-order valence-electron chi connectivity index (χ0n) is 13.4. The van der Waals surface area contributed by atoms with Gasteiger partial charge in [0, 0.05) is 35.5 Å². The van der Waals surface area contributed by atoms with Gasteiger partial charge in [-0.15, -0.1) is 11.3 Å². The molecule has 2 heterocycles. The van der Waals surface area contributed by atoms with E-state index in [-0.39, 0.29) is 0 Å². The summed E-state index contributed by atoms with van der Waals surface area (Å²) in [5.41, 5.74) is 3.72. The molecular weight excluding hydrogens is 302 g/mol. The molecule has 1 N–H and O–H groups in total. The van der Waals surface area contributed by atoms with Crippen LogP contribution in [0.3, 0.4) is 0 Å². The molecule has 1 aliphatic rings. The summed E-state index contributed by atoms with van der Waals surface area (Å²) in [5, 5.41) is 6.03. The third-order valence-corrected chi connectivity index (χ3v) is 5.61. The van der Waals surface area contributed by atoms with Crippen LogP contribution in [0.4, 0.5) is 0 Å². The predicted octanol–water partition coefficient (Wildman–Crippen LogP) is 4.21. The lowest BCUT2D eigenvalue weighted by Gasteiger charge is -2.21. The molecule has 0 aliphatic heterocycles. The Morgan fingerprint density at radius 1 is 1.30 bits per heavy atom. The van der Waals surface area contributed by atoms with Gasteiger partial charge >= 0.3 is 0 Å². The third kappa shape index (κ3) is 3.14. The van der Waals surface area contributed by atoms with Crippen molar-refractivity contribution in [3.8, 4) is 0 Å². The molecule has 2 aromatic heterocycles. The second-order valence-electron chi connectivity index (χ2n) is 6.29. The zero-order valence-corrected chi connectivity index (χ0v) is 14.2. The van der Waals surface area contributed by atoms with Crippen molar-refractivity contribution >= 4 is 22.2 Å². The van der Waals surface area contributed by atoms with E-state index in [1.807, 2.05) is 23.6 Å². The van der Waals surface area contributed by atoms with Crippen LogP contribution in [-0.2, 0) is 13.0 Å². The van der Waals surface area contributed by atoms with Crippen molar-refractivity contribution in [2.24, 2.45) is 0 Å². The van der Waals surface area contributed by atoms with Gasteiger partial charge in [0.1, 0.15) is 0 Å². The summed E-state index contributed by atoms with van der Waals surface area (Å²) in [4.78, 5) is 10.7. The molecule has 3 nitrogen and oxygen atoms in total. The molecule has 0 amide bonds. The van der Waals surface area contributed by atoms with Gasteiger partial charge in [-0.3, -0.25) is 4.98 Å². The molecular formula is C19H21N3S. The van der Waals surface area contributed by atoms with Gasteiger partial charge in [0.25, 0.3) is 0 Å². The molecule has 4 heteroatoms. The van der Waals surface area contributed by atoms with Gasteiger partial charge in [-0.2, -0.15) is 0 Å². The van der Waals surface area contributed by atoms with Crippen molar-refractivity contribution in [1.29, 1.82) is 0 Å². The van der Waals surface area contributed by atoms with Gasteiger partial charge in [-0.05, 0) is 43.9 Å². The Labute approximate surface area is 140 Å². The van der Waals surface area contributed by atoms with E-state index in [1.54, 1.807) is 0 Å². The molecule has 1 atom stereocenters. The highest BCUT2D eigenvalue weighted by molar-refractivity contribution is 7.11. The Hall–Kier alpha value is -1.78. The minimum atomic E-state index is 0.572. The van der Waals surface area contributed by atoms with Crippen molar-refractivity contribution in [3.63, 3.8) is 0 Å². The number of hydrogen-bond acceptors (Lipinski definition) is 4. The Morgan fingerprint density at radius 3 is 3.22 bits per heavy atom. The molecule has 23 heavy (non-hydrogen) atoms. The molecule has 0 saturated carbocycles. The van der Waals surface area contributed by atoms with Crippen molar-refractivity contribution < 1.29 is 0 Å². The van der Waals surface area contributed by atoms with Crippen LogP contribution in [0.5, 0.6) is 0 Å². The molecule has 0 spiro atoms. The van der Waals surface area contributed by atoms with Crippen molar-refractivity contribution in [3.05, 3.63) is 57.7 Å². The molecule has 0 bridgehead atoms. The highest BCUT2D eigenvalue weighted by atomic mass is 32.1. The maximum atomic E-state index is 4.77. The summed E-state index contributed by atoms with van der Waals surface area (Å²) >= 11 is 1.88. The maximum Gasteiger partial charge on any atom is 0.0900 e. The first-order chi connectivity index (χ1) is 11.3. The standard InChI is InChI=1S/C19H21N3S/c1-13-22-19-16(4-2-6-18(19)23-13)12-20-11-14-7-8-15-5-3-9-21-17(15)10-14/h3,5,7-10,16,20H,2,4,6,11-12H2,1H3. The van der Waals surface area contributed by atoms with Crippen molar-refractivity contribution in [2.45, 2.75) is 38.6 Å². The molecule has 118 valence electrons. The first kappa shape index (κ1) is 14.8. The van der Waals surface area contributed by atoms with Crippen LogP contribution in [0.2, 0.25) is 0 Å². The molecule has 0 saturated heterocycles. The summed E-state index contributed by atoms with van der Waals surface area (Å²) in [6.45, 7) is 4.02. The summed E-state index contributed by atoms with van der Waals surface area (Å²) in [7, 11) is 0. The molecule has 1 aliphatic carbocycles. The average molecular weight is 323 g/mol. The van der Waals surface area contributed by atoms with Crippen molar-refractivity contribution in [2.75, 3.05) is 6.54 Å². The van der Waals surface area contributed by atoms with Gasteiger partial charge in [0.05, 0.1) is 16.2 Å². The minimum absolute atomic E-state index is 0.572. The van der Waals surface area contributed by atoms with Crippen LogP contribution >= 0.6 is 11.3 Å². The lowest BCUT2D eigenvalue weighted by Crippen LogP contribution is -2.24. The highest BCUT2D eigenvalue weighted by Gasteiger charge is 2.23. The number of hydrogen-bond donors (Lipinski definition) is 1. The SMILES string of the molecule is Cc1nc2c(s1)CCCC2CNCc1ccc2cccnc2c1. The van der Waals surface area contributed by atoms with Crippen LogP contribution in [0, 0.1) is 6.92 Å². The van der Waals surface area contributed by atoms with E-state index < -0.39 is 0 Å². The van der Waals surface area contributed by atoms with E-state index in [0.29, 0.717) is 5.92 Å². The van der Waals surface area contributed by atoms with Crippen LogP contribution in [0.15, 0.2) is 36.5 Å². The van der Waals surface area contributed by atoms with Crippen molar-refractivity contribution in [1.82, 2.24) is 15.3 Å². The van der Waals surface area contributed by atoms with Gasteiger partial charge in [0.15, 0.2) is 0 Å². The van der Waals surface area contributed by atoms with E-state index in [9.17, 15) is 0 Å². The number of benzene rings is 1. The number of aryl methyl sites for hydroxylation is 2. The fourth-order valence-corrected chi connectivity index (χ4v) is 4.50. The monoisotopic (exact) mass is 323 g/mol. The van der Waals surface area contributed by atoms with E-state index in [1.165, 1.54) is 45.8 Å². The van der Waals surface area contributed by atoms with E-state index >= 15 is 0 Å². The fraction of sp³-hybridized carbons (Fsp3) is 0.368. The summed E-state index contributed by atoms with van der Waals surface area (Å²) in [6, 6.07) is 10.6. The topological polar surface area (TPSA) is 37.8 Å². The highest BCUT2D eigenvalue weighted by Crippen LogP contribution is 2.34. The number of aromatic nitrogens is 2. The summed E-state index contributed by atoms with van der Waals surface area (Å²) in [5.74, 6) is 0.572. The average Bonchev–Trinajstić information content (AvgIpc) is 2.96. The molecule has 4 rings (SSSR count). The molecule has 0 radical (unpaired) electrons. The second kappa shape index (κ2) is 6.38. The van der Waals surface area contributed by atoms with Crippen LogP contribution < -0.4 is 5.32 Å².